The first-order chi connectivity index (χ1) is 17.1. The maximum absolute atomic E-state index is 14.1. The van der Waals surface area contributed by atoms with Crippen LogP contribution in [0.1, 0.15) is 15.9 Å². The summed E-state index contributed by atoms with van der Waals surface area (Å²) in [6.07, 6.45) is 3.45. The number of carbonyl (C=O) groups excluding carboxylic acids is 1. The molecule has 0 aliphatic rings. The highest BCUT2D eigenvalue weighted by Gasteiger charge is 2.26. The quantitative estimate of drug-likeness (QED) is 0.294. The van der Waals surface area contributed by atoms with E-state index in [9.17, 15) is 4.79 Å². The Hall–Kier alpha value is -4.17. The van der Waals surface area contributed by atoms with Crippen molar-refractivity contribution in [3.8, 4) is 17.2 Å². The predicted octanol–water partition coefficient (Wildman–Crippen LogP) is 5.72. The van der Waals surface area contributed by atoms with Gasteiger partial charge in [0.05, 0.1) is 33.4 Å². The van der Waals surface area contributed by atoms with Crippen LogP contribution in [-0.4, -0.2) is 37.2 Å². The van der Waals surface area contributed by atoms with Crippen LogP contribution in [0.4, 0.5) is 5.13 Å². The third-order valence-electron chi connectivity index (χ3n) is 5.74. The topological polar surface area (TPSA) is 73.8 Å². The number of rotatable bonds is 7. The van der Waals surface area contributed by atoms with Crippen molar-refractivity contribution in [3.05, 3.63) is 84.2 Å². The Bertz CT molecular complexity index is 1480. The lowest BCUT2D eigenvalue weighted by molar-refractivity contribution is 0.0982. The average molecular weight is 486 g/mol. The normalized spacial score (nSPS) is 10.9. The molecule has 0 spiro atoms. The van der Waals surface area contributed by atoms with Gasteiger partial charge in [0.1, 0.15) is 27.5 Å². The van der Waals surface area contributed by atoms with Crippen molar-refractivity contribution in [1.29, 1.82) is 0 Å². The van der Waals surface area contributed by atoms with Gasteiger partial charge in [-0.1, -0.05) is 41.7 Å². The minimum Gasteiger partial charge on any atom is -0.496 e. The number of carbonyl (C=O) groups is 1. The largest absolute Gasteiger partial charge is 0.496 e. The molecule has 0 atom stereocenters. The second-order valence-corrected chi connectivity index (χ2v) is 8.77. The maximum atomic E-state index is 14.1. The second kappa shape index (κ2) is 9.60. The van der Waals surface area contributed by atoms with Crippen molar-refractivity contribution in [1.82, 2.24) is 9.97 Å². The smallest absolute Gasteiger partial charge is 0.264 e. The Morgan fingerprint density at radius 3 is 2.29 bits per heavy atom. The highest BCUT2D eigenvalue weighted by atomic mass is 32.1. The summed E-state index contributed by atoms with van der Waals surface area (Å²) in [5, 5.41) is 2.46. The Kier molecular flexibility index (Phi) is 6.20. The van der Waals surface area contributed by atoms with Crippen molar-refractivity contribution >= 4 is 43.4 Å². The van der Waals surface area contributed by atoms with Crippen LogP contribution >= 0.6 is 11.3 Å². The molecular formula is C27H23N3O4S. The van der Waals surface area contributed by atoms with E-state index < -0.39 is 0 Å². The van der Waals surface area contributed by atoms with E-state index in [2.05, 4.69) is 4.98 Å². The van der Waals surface area contributed by atoms with Crippen LogP contribution in [0.25, 0.3) is 21.0 Å². The molecule has 0 saturated carbocycles. The van der Waals surface area contributed by atoms with Gasteiger partial charge in [-0.25, -0.2) is 4.98 Å². The zero-order valence-corrected chi connectivity index (χ0v) is 20.3. The Labute approximate surface area is 206 Å². The Morgan fingerprint density at radius 2 is 1.60 bits per heavy atom. The minimum absolute atomic E-state index is 0.228. The zero-order chi connectivity index (χ0) is 24.4. The van der Waals surface area contributed by atoms with Gasteiger partial charge in [0, 0.05) is 12.4 Å². The summed E-state index contributed by atoms with van der Waals surface area (Å²) in [4.78, 5) is 24.8. The van der Waals surface area contributed by atoms with Crippen molar-refractivity contribution < 1.29 is 19.0 Å². The maximum Gasteiger partial charge on any atom is 0.264 e. The third-order valence-corrected chi connectivity index (χ3v) is 6.83. The number of amides is 1. The van der Waals surface area contributed by atoms with Gasteiger partial charge in [-0.2, -0.15) is 0 Å². The fourth-order valence-electron chi connectivity index (χ4n) is 3.99. The molecule has 7 nitrogen and oxygen atoms in total. The summed E-state index contributed by atoms with van der Waals surface area (Å²) < 4.78 is 17.5. The molecule has 1 amide bonds. The van der Waals surface area contributed by atoms with Gasteiger partial charge in [-0.15, -0.1) is 0 Å². The summed E-state index contributed by atoms with van der Waals surface area (Å²) in [7, 11) is 4.78. The standard InChI is InChI=1S/C27H23N3O4S/c1-32-21-10-11-22(33-2)25-24(21)29-27(35-25)30(16-17-7-6-12-28-15-17)26(31)20-13-18-8-4-5-9-19(18)14-23(20)34-3/h4-15H,16H2,1-3H3. The molecule has 0 radical (unpaired) electrons. The molecule has 5 aromatic rings. The molecule has 35 heavy (non-hydrogen) atoms. The fraction of sp³-hybridized carbons (Fsp3) is 0.148. The molecule has 0 aliphatic heterocycles. The van der Waals surface area contributed by atoms with E-state index in [0.717, 1.165) is 21.0 Å². The molecule has 0 unspecified atom stereocenters. The zero-order valence-electron chi connectivity index (χ0n) is 19.5. The van der Waals surface area contributed by atoms with Gasteiger partial charge in [0.25, 0.3) is 5.91 Å². The number of nitrogens with zero attached hydrogens (tertiary/aromatic N) is 3. The molecule has 0 saturated heterocycles. The molecule has 2 aromatic heterocycles. The monoisotopic (exact) mass is 485 g/mol. The van der Waals surface area contributed by atoms with Crippen LogP contribution in [0.3, 0.4) is 0 Å². The highest BCUT2D eigenvalue weighted by Crippen LogP contribution is 2.41. The lowest BCUT2D eigenvalue weighted by atomic mass is 10.0. The summed E-state index contributed by atoms with van der Waals surface area (Å²) in [6.45, 7) is 0.285. The molecule has 0 N–H and O–H groups in total. The molecule has 0 fully saturated rings. The lowest BCUT2D eigenvalue weighted by Gasteiger charge is -2.21. The molecule has 8 heteroatoms. The minimum atomic E-state index is -0.228. The van der Waals surface area contributed by atoms with Crippen molar-refractivity contribution in [3.63, 3.8) is 0 Å². The fourth-order valence-corrected chi connectivity index (χ4v) is 5.06. The van der Waals surface area contributed by atoms with E-state index in [1.807, 2.05) is 60.7 Å². The van der Waals surface area contributed by atoms with Crippen molar-refractivity contribution in [2.45, 2.75) is 6.54 Å². The van der Waals surface area contributed by atoms with E-state index in [1.165, 1.54) is 11.3 Å². The first-order valence-electron chi connectivity index (χ1n) is 10.9. The number of pyridine rings is 1. The van der Waals surface area contributed by atoms with Crippen LogP contribution in [0.2, 0.25) is 0 Å². The summed E-state index contributed by atoms with van der Waals surface area (Å²) in [5.74, 6) is 1.55. The number of fused-ring (bicyclic) bond motifs is 2. The number of methoxy groups -OCH3 is 3. The second-order valence-electron chi connectivity index (χ2n) is 7.80. The number of benzene rings is 3. The first-order valence-corrected chi connectivity index (χ1v) is 11.7. The van der Waals surface area contributed by atoms with Crippen LogP contribution in [0.5, 0.6) is 17.2 Å². The molecule has 3 aromatic carbocycles. The van der Waals surface area contributed by atoms with Crippen LogP contribution in [0, 0.1) is 0 Å². The average Bonchev–Trinajstić information content (AvgIpc) is 3.36. The highest BCUT2D eigenvalue weighted by molar-refractivity contribution is 7.22. The van der Waals surface area contributed by atoms with Gasteiger partial charge in [-0.3, -0.25) is 14.7 Å². The van der Waals surface area contributed by atoms with Crippen molar-refractivity contribution in [2.75, 3.05) is 26.2 Å². The van der Waals surface area contributed by atoms with Gasteiger partial charge in [-0.05, 0) is 46.7 Å². The van der Waals surface area contributed by atoms with E-state index in [-0.39, 0.29) is 12.5 Å². The predicted molar refractivity (Wildman–Crippen MR) is 138 cm³/mol. The van der Waals surface area contributed by atoms with Crippen LogP contribution < -0.4 is 19.1 Å². The Morgan fingerprint density at radius 1 is 0.886 bits per heavy atom. The number of hydrogen-bond acceptors (Lipinski definition) is 7. The SMILES string of the molecule is COc1cc2ccccc2cc1C(=O)N(Cc1cccnc1)c1nc2c(OC)ccc(OC)c2s1. The molecule has 176 valence electrons. The number of hydrogen-bond donors (Lipinski definition) is 0. The van der Waals surface area contributed by atoms with Crippen LogP contribution in [-0.2, 0) is 6.54 Å². The summed E-state index contributed by atoms with van der Waals surface area (Å²) >= 11 is 1.37. The number of anilines is 1. The van der Waals surface area contributed by atoms with Gasteiger partial charge >= 0.3 is 0 Å². The van der Waals surface area contributed by atoms with E-state index in [1.54, 1.807) is 38.6 Å². The molecular weight excluding hydrogens is 462 g/mol. The van der Waals surface area contributed by atoms with E-state index in [4.69, 9.17) is 19.2 Å². The first kappa shape index (κ1) is 22.6. The molecule has 2 heterocycles. The number of thiazole rings is 1. The number of ether oxygens (including phenoxy) is 3. The van der Waals surface area contributed by atoms with E-state index in [0.29, 0.717) is 33.5 Å². The summed E-state index contributed by atoms with van der Waals surface area (Å²) in [6, 6.07) is 19.0. The van der Waals surface area contributed by atoms with Crippen LogP contribution in [0.15, 0.2) is 73.1 Å². The Balaban J connectivity index is 1.67. The molecule has 0 bridgehead atoms. The van der Waals surface area contributed by atoms with Crippen molar-refractivity contribution in [2.24, 2.45) is 0 Å². The third kappa shape index (κ3) is 4.24. The van der Waals surface area contributed by atoms with Gasteiger partial charge in [0.2, 0.25) is 0 Å². The lowest BCUT2D eigenvalue weighted by Crippen LogP contribution is -2.30. The van der Waals surface area contributed by atoms with E-state index >= 15 is 0 Å². The summed E-state index contributed by atoms with van der Waals surface area (Å²) in [5.41, 5.74) is 1.97. The molecule has 5 rings (SSSR count). The van der Waals surface area contributed by atoms with Gasteiger partial charge < -0.3 is 14.2 Å². The molecule has 0 aliphatic carbocycles. The number of aromatic nitrogens is 2. The van der Waals surface area contributed by atoms with Gasteiger partial charge in [0.15, 0.2) is 5.13 Å².